The van der Waals surface area contributed by atoms with Gasteiger partial charge in [-0.15, -0.1) is 0 Å². The Morgan fingerprint density at radius 3 is 2.40 bits per heavy atom. The third-order valence-electron chi connectivity index (χ3n) is 6.43. The number of aliphatic hydroxyl groups is 1. The van der Waals surface area contributed by atoms with E-state index in [9.17, 15) is 15.6 Å². The summed E-state index contributed by atoms with van der Waals surface area (Å²) in [6.45, 7) is 4.72. The lowest BCUT2D eigenvalue weighted by Gasteiger charge is -2.31. The van der Waals surface area contributed by atoms with Crippen molar-refractivity contribution in [1.29, 1.82) is 10.5 Å². The van der Waals surface area contributed by atoms with Crippen LogP contribution in [0.1, 0.15) is 25.0 Å². The molecule has 170 valence electrons. The second-order valence-electron chi connectivity index (χ2n) is 8.44. The molecule has 35 heavy (non-hydrogen) atoms. The number of allylic oxidation sites excluding steroid dienone is 2. The SMILES string of the molecule is CCn1c2ccccc2c2cc(/C=C3\C(C)=NC(C#N)=C(C#N)NC3(O)c3ccccc3)ccc21. The number of nitriles is 2. The summed E-state index contributed by atoms with van der Waals surface area (Å²) >= 11 is 0. The minimum absolute atomic E-state index is 0.0655. The molecule has 0 fully saturated rings. The summed E-state index contributed by atoms with van der Waals surface area (Å²) in [5.74, 6) is 0. The van der Waals surface area contributed by atoms with E-state index in [0.29, 0.717) is 16.8 Å². The molecule has 6 heteroatoms. The van der Waals surface area contributed by atoms with Gasteiger partial charge in [-0.25, -0.2) is 4.99 Å². The smallest absolute Gasteiger partial charge is 0.191 e. The molecule has 0 bridgehead atoms. The fourth-order valence-electron chi connectivity index (χ4n) is 4.80. The van der Waals surface area contributed by atoms with Crippen LogP contribution in [-0.4, -0.2) is 15.4 Å². The van der Waals surface area contributed by atoms with Gasteiger partial charge in [-0.2, -0.15) is 10.5 Å². The Morgan fingerprint density at radius 2 is 1.69 bits per heavy atom. The third kappa shape index (κ3) is 3.58. The van der Waals surface area contributed by atoms with Gasteiger partial charge in [0.15, 0.2) is 17.1 Å². The van der Waals surface area contributed by atoms with Crippen molar-refractivity contribution in [3.05, 3.63) is 101 Å². The number of hydrogen-bond acceptors (Lipinski definition) is 5. The number of aryl methyl sites for hydroxylation is 1. The number of fused-ring (bicyclic) bond motifs is 3. The van der Waals surface area contributed by atoms with Crippen LogP contribution in [-0.2, 0) is 12.3 Å². The highest BCUT2D eigenvalue weighted by Crippen LogP contribution is 2.35. The van der Waals surface area contributed by atoms with Crippen molar-refractivity contribution in [2.24, 2.45) is 4.99 Å². The first-order valence-corrected chi connectivity index (χ1v) is 11.4. The molecule has 3 aromatic carbocycles. The molecule has 0 saturated heterocycles. The van der Waals surface area contributed by atoms with Crippen LogP contribution < -0.4 is 5.32 Å². The van der Waals surface area contributed by atoms with E-state index in [-0.39, 0.29) is 11.4 Å². The molecule has 1 aliphatic rings. The number of rotatable bonds is 3. The number of nitrogens with one attached hydrogen (secondary N) is 1. The summed E-state index contributed by atoms with van der Waals surface area (Å²) in [6.07, 6.45) is 1.87. The first kappa shape index (κ1) is 22.2. The van der Waals surface area contributed by atoms with Crippen LogP contribution >= 0.6 is 0 Å². The number of aliphatic imine (C=N–C) groups is 1. The van der Waals surface area contributed by atoms with E-state index in [4.69, 9.17) is 0 Å². The molecule has 0 saturated carbocycles. The summed E-state index contributed by atoms with van der Waals surface area (Å²) < 4.78 is 2.28. The maximum absolute atomic E-state index is 12.0. The lowest BCUT2D eigenvalue weighted by atomic mass is 9.89. The first-order chi connectivity index (χ1) is 17.0. The van der Waals surface area contributed by atoms with Crippen molar-refractivity contribution < 1.29 is 5.11 Å². The Bertz CT molecular complexity index is 1640. The topological polar surface area (TPSA) is 97.1 Å². The molecule has 2 heterocycles. The van der Waals surface area contributed by atoms with Crippen molar-refractivity contribution in [2.45, 2.75) is 26.1 Å². The molecule has 1 atom stereocenters. The Labute approximate surface area is 203 Å². The predicted molar refractivity (Wildman–Crippen MR) is 138 cm³/mol. The molecule has 0 amide bonds. The standard InChI is InChI=1S/C29H23N5O/c1-3-34-27-12-8-7-11-22(27)23-15-20(13-14-28(23)34)16-24-19(2)32-25(17-30)26(18-31)33-29(24,35)21-9-5-4-6-10-21/h4-16,33,35H,3H2,1-2H3/b24-16+. The molecule has 2 N–H and O–H groups in total. The van der Waals surface area contributed by atoms with Gasteiger partial charge in [0, 0.05) is 45.2 Å². The van der Waals surface area contributed by atoms with Gasteiger partial charge in [0.25, 0.3) is 0 Å². The van der Waals surface area contributed by atoms with Crippen LogP contribution in [0.3, 0.4) is 0 Å². The van der Waals surface area contributed by atoms with Gasteiger partial charge in [-0.05, 0) is 43.7 Å². The highest BCUT2D eigenvalue weighted by Gasteiger charge is 2.38. The van der Waals surface area contributed by atoms with Crippen molar-refractivity contribution >= 4 is 33.6 Å². The van der Waals surface area contributed by atoms with Gasteiger partial charge in [0.1, 0.15) is 12.1 Å². The average molecular weight is 458 g/mol. The second-order valence-corrected chi connectivity index (χ2v) is 8.44. The van der Waals surface area contributed by atoms with Gasteiger partial charge in [0.2, 0.25) is 0 Å². The van der Waals surface area contributed by atoms with Crippen molar-refractivity contribution in [3.8, 4) is 12.1 Å². The van der Waals surface area contributed by atoms with Gasteiger partial charge in [0.05, 0.1) is 0 Å². The van der Waals surface area contributed by atoms with Crippen LogP contribution in [0.25, 0.3) is 27.9 Å². The molecule has 4 aromatic rings. The van der Waals surface area contributed by atoms with Crippen LogP contribution in [0, 0.1) is 22.7 Å². The molecule has 1 unspecified atom stereocenters. The molecule has 1 aromatic heterocycles. The average Bonchev–Trinajstić information content (AvgIpc) is 3.16. The van der Waals surface area contributed by atoms with E-state index < -0.39 is 5.72 Å². The molecular weight excluding hydrogens is 434 g/mol. The van der Waals surface area contributed by atoms with Crippen molar-refractivity contribution in [1.82, 2.24) is 9.88 Å². The Morgan fingerprint density at radius 1 is 0.971 bits per heavy atom. The van der Waals surface area contributed by atoms with E-state index in [2.05, 4.69) is 46.1 Å². The second kappa shape index (κ2) is 8.61. The van der Waals surface area contributed by atoms with Gasteiger partial charge < -0.3 is 15.0 Å². The van der Waals surface area contributed by atoms with Crippen LogP contribution in [0.15, 0.2) is 94.8 Å². The molecule has 0 spiro atoms. The zero-order valence-corrected chi connectivity index (χ0v) is 19.4. The zero-order valence-electron chi connectivity index (χ0n) is 19.4. The lowest BCUT2D eigenvalue weighted by molar-refractivity contribution is 0.0585. The lowest BCUT2D eigenvalue weighted by Crippen LogP contribution is -2.44. The number of aromatic nitrogens is 1. The number of nitrogens with zero attached hydrogens (tertiary/aromatic N) is 4. The van der Waals surface area contributed by atoms with E-state index in [1.54, 1.807) is 19.1 Å². The van der Waals surface area contributed by atoms with E-state index in [1.807, 2.05) is 54.6 Å². The summed E-state index contributed by atoms with van der Waals surface area (Å²) in [5, 5.41) is 36.4. The van der Waals surface area contributed by atoms with Crippen molar-refractivity contribution in [2.75, 3.05) is 0 Å². The van der Waals surface area contributed by atoms with Gasteiger partial charge in [-0.3, -0.25) is 0 Å². The van der Waals surface area contributed by atoms with Gasteiger partial charge >= 0.3 is 0 Å². The first-order valence-electron chi connectivity index (χ1n) is 11.4. The Hall–Kier alpha value is -4.65. The van der Waals surface area contributed by atoms with E-state index in [1.165, 1.54) is 5.52 Å². The van der Waals surface area contributed by atoms with Crippen LogP contribution in [0.2, 0.25) is 0 Å². The molecule has 1 aliphatic heterocycles. The maximum atomic E-state index is 12.0. The predicted octanol–water partition coefficient (Wildman–Crippen LogP) is 5.37. The summed E-state index contributed by atoms with van der Waals surface area (Å²) in [5.41, 5.74) is 2.72. The largest absolute Gasteiger partial charge is 0.363 e. The maximum Gasteiger partial charge on any atom is 0.191 e. The minimum Gasteiger partial charge on any atom is -0.363 e. The normalized spacial score (nSPS) is 19.2. The molecule has 0 aliphatic carbocycles. The number of hydrogen-bond donors (Lipinski definition) is 2. The Kier molecular flexibility index (Phi) is 5.45. The van der Waals surface area contributed by atoms with E-state index in [0.717, 1.165) is 28.4 Å². The van der Waals surface area contributed by atoms with Crippen LogP contribution in [0.4, 0.5) is 0 Å². The van der Waals surface area contributed by atoms with Gasteiger partial charge in [-0.1, -0.05) is 54.6 Å². The molecular formula is C29H23N5O. The summed E-state index contributed by atoms with van der Waals surface area (Å²) in [4.78, 5) is 4.39. The molecule has 6 nitrogen and oxygen atoms in total. The van der Waals surface area contributed by atoms with Crippen LogP contribution in [0.5, 0.6) is 0 Å². The minimum atomic E-state index is -1.76. The monoisotopic (exact) mass is 457 g/mol. The highest BCUT2D eigenvalue weighted by molar-refractivity contribution is 6.10. The fraction of sp³-hybridized carbons (Fsp3) is 0.138. The van der Waals surface area contributed by atoms with Crippen molar-refractivity contribution in [3.63, 3.8) is 0 Å². The fourth-order valence-corrected chi connectivity index (χ4v) is 4.80. The summed E-state index contributed by atoms with van der Waals surface area (Å²) in [7, 11) is 0. The number of benzene rings is 3. The quantitative estimate of drug-likeness (QED) is 0.432. The van der Waals surface area contributed by atoms with E-state index >= 15 is 0 Å². The zero-order chi connectivity index (χ0) is 24.6. The summed E-state index contributed by atoms with van der Waals surface area (Å²) in [6, 6.07) is 27.5. The highest BCUT2D eigenvalue weighted by atomic mass is 16.3. The number of para-hydroxylation sites is 1. The molecule has 5 rings (SSSR count). The Balaban J connectivity index is 1.76. The third-order valence-corrected chi connectivity index (χ3v) is 6.43. The molecule has 0 radical (unpaired) electrons.